The van der Waals surface area contributed by atoms with Crippen LogP contribution >= 0.6 is 0 Å². The molecule has 0 radical (unpaired) electrons. The Morgan fingerprint density at radius 2 is 2.05 bits per heavy atom. The first-order valence-electron chi connectivity index (χ1n) is 7.32. The largest absolute Gasteiger partial charge is 0.377 e. The quantitative estimate of drug-likeness (QED) is 0.924. The van der Waals surface area contributed by atoms with Crippen molar-refractivity contribution in [2.75, 3.05) is 6.61 Å². The molecule has 0 amide bonds. The van der Waals surface area contributed by atoms with Crippen molar-refractivity contribution in [1.29, 1.82) is 0 Å². The molecule has 2 atom stereocenters. The molecular weight excluding hydrogens is 274 g/mol. The van der Waals surface area contributed by atoms with E-state index in [4.69, 9.17) is 4.74 Å². The fourth-order valence-corrected chi connectivity index (χ4v) is 4.42. The number of nitrogens with one attached hydrogen (secondary N) is 1. The van der Waals surface area contributed by atoms with E-state index in [9.17, 15) is 8.42 Å². The fraction of sp³-hybridized carbons (Fsp3) is 0.600. The Kier molecular flexibility index (Phi) is 3.84. The van der Waals surface area contributed by atoms with Gasteiger partial charge in [0, 0.05) is 12.6 Å². The van der Waals surface area contributed by atoms with E-state index in [2.05, 4.69) is 4.72 Å². The van der Waals surface area contributed by atoms with Crippen LogP contribution in [0.25, 0.3) is 0 Å². The molecule has 1 aliphatic carbocycles. The molecule has 0 bridgehead atoms. The average molecular weight is 295 g/mol. The number of hydrogen-bond donors (Lipinski definition) is 1. The number of hydrogen-bond acceptors (Lipinski definition) is 3. The SMILES string of the molecule is C[C@H](NS(=O)(=O)c1ccc2c(c1)CCC2)[C@@H]1CCCO1. The van der Waals surface area contributed by atoms with Crippen molar-refractivity contribution in [3.63, 3.8) is 0 Å². The van der Waals surface area contributed by atoms with E-state index in [1.807, 2.05) is 19.1 Å². The van der Waals surface area contributed by atoms with E-state index in [0.717, 1.165) is 38.7 Å². The van der Waals surface area contributed by atoms with Crippen LogP contribution < -0.4 is 4.72 Å². The summed E-state index contributed by atoms with van der Waals surface area (Å²) in [6, 6.07) is 5.31. The summed E-state index contributed by atoms with van der Waals surface area (Å²) in [6.07, 6.45) is 5.11. The van der Waals surface area contributed by atoms with Crippen molar-refractivity contribution in [3.8, 4) is 0 Å². The average Bonchev–Trinajstić information content (AvgIpc) is 3.08. The molecule has 1 saturated heterocycles. The van der Waals surface area contributed by atoms with Gasteiger partial charge in [0.15, 0.2) is 0 Å². The summed E-state index contributed by atoms with van der Waals surface area (Å²) >= 11 is 0. The second-order valence-corrected chi connectivity index (χ2v) is 7.46. The summed E-state index contributed by atoms with van der Waals surface area (Å²) in [5, 5.41) is 0. The molecule has 0 aromatic heterocycles. The van der Waals surface area contributed by atoms with E-state index >= 15 is 0 Å². The maximum Gasteiger partial charge on any atom is 0.240 e. The van der Waals surface area contributed by atoms with E-state index in [-0.39, 0.29) is 12.1 Å². The molecule has 4 nitrogen and oxygen atoms in total. The standard InChI is InChI=1S/C15H21NO3S/c1-11(15-6-3-9-19-15)16-20(17,18)14-8-7-12-4-2-5-13(12)10-14/h7-8,10-11,15-16H,2-6,9H2,1H3/t11-,15-/m0/s1. The van der Waals surface area contributed by atoms with Crippen molar-refractivity contribution in [3.05, 3.63) is 29.3 Å². The molecule has 3 rings (SSSR count). The summed E-state index contributed by atoms with van der Waals surface area (Å²) in [5.41, 5.74) is 2.47. The normalized spacial score (nSPS) is 23.8. The third-order valence-corrected chi connectivity index (χ3v) is 5.80. The minimum Gasteiger partial charge on any atom is -0.377 e. The number of aryl methyl sites for hydroxylation is 2. The Morgan fingerprint density at radius 3 is 2.80 bits per heavy atom. The van der Waals surface area contributed by atoms with Gasteiger partial charge in [-0.05, 0) is 62.3 Å². The third-order valence-electron chi connectivity index (χ3n) is 4.24. The molecule has 1 N–H and O–H groups in total. The summed E-state index contributed by atoms with van der Waals surface area (Å²) in [7, 11) is -3.45. The highest BCUT2D eigenvalue weighted by Gasteiger charge is 2.27. The lowest BCUT2D eigenvalue weighted by atomic mass is 10.1. The van der Waals surface area contributed by atoms with Crippen molar-refractivity contribution < 1.29 is 13.2 Å². The number of benzene rings is 1. The van der Waals surface area contributed by atoms with Crippen LogP contribution in [0.3, 0.4) is 0 Å². The topological polar surface area (TPSA) is 55.4 Å². The Bertz CT molecular complexity index is 591. The monoisotopic (exact) mass is 295 g/mol. The summed E-state index contributed by atoms with van der Waals surface area (Å²) in [5.74, 6) is 0. The molecule has 1 fully saturated rings. The zero-order chi connectivity index (χ0) is 14.2. The van der Waals surface area contributed by atoms with Crippen LogP contribution in [0.15, 0.2) is 23.1 Å². The predicted molar refractivity (Wildman–Crippen MR) is 77.2 cm³/mol. The Balaban J connectivity index is 1.77. The smallest absolute Gasteiger partial charge is 0.240 e. The van der Waals surface area contributed by atoms with Crippen LogP contribution in [0.2, 0.25) is 0 Å². The molecule has 0 saturated carbocycles. The third kappa shape index (κ3) is 2.75. The zero-order valence-corrected chi connectivity index (χ0v) is 12.6. The van der Waals surface area contributed by atoms with Gasteiger partial charge in [-0.15, -0.1) is 0 Å². The first-order chi connectivity index (χ1) is 9.56. The molecule has 20 heavy (non-hydrogen) atoms. The molecule has 0 unspecified atom stereocenters. The lowest BCUT2D eigenvalue weighted by Crippen LogP contribution is -2.40. The number of fused-ring (bicyclic) bond motifs is 1. The molecule has 1 heterocycles. The van der Waals surface area contributed by atoms with Crippen molar-refractivity contribution in [2.45, 2.75) is 56.1 Å². The Hall–Kier alpha value is -0.910. The Labute approximate surface area is 120 Å². The van der Waals surface area contributed by atoms with E-state index in [1.165, 1.54) is 11.1 Å². The maximum atomic E-state index is 12.4. The molecule has 1 aliphatic heterocycles. The van der Waals surface area contributed by atoms with Gasteiger partial charge in [-0.1, -0.05) is 6.07 Å². The van der Waals surface area contributed by atoms with E-state index < -0.39 is 10.0 Å². The van der Waals surface area contributed by atoms with Gasteiger partial charge < -0.3 is 4.74 Å². The van der Waals surface area contributed by atoms with Crippen molar-refractivity contribution in [1.82, 2.24) is 4.72 Å². The van der Waals surface area contributed by atoms with Gasteiger partial charge in [-0.3, -0.25) is 0 Å². The van der Waals surface area contributed by atoms with Crippen LogP contribution in [0.5, 0.6) is 0 Å². The number of rotatable bonds is 4. The second kappa shape index (κ2) is 5.47. The van der Waals surface area contributed by atoms with Crippen LogP contribution in [0.4, 0.5) is 0 Å². The molecule has 1 aromatic rings. The van der Waals surface area contributed by atoms with Crippen molar-refractivity contribution >= 4 is 10.0 Å². The van der Waals surface area contributed by atoms with Gasteiger partial charge in [0.25, 0.3) is 0 Å². The molecule has 5 heteroatoms. The fourth-order valence-electron chi connectivity index (χ4n) is 3.10. The highest BCUT2D eigenvalue weighted by atomic mass is 32.2. The number of ether oxygens (including phenoxy) is 1. The van der Waals surface area contributed by atoms with Crippen LogP contribution in [-0.4, -0.2) is 27.2 Å². The van der Waals surface area contributed by atoms with E-state index in [1.54, 1.807) is 6.07 Å². The summed E-state index contributed by atoms with van der Waals surface area (Å²) < 4.78 is 33.2. The van der Waals surface area contributed by atoms with Crippen LogP contribution in [0, 0.1) is 0 Å². The summed E-state index contributed by atoms with van der Waals surface area (Å²) in [4.78, 5) is 0.378. The van der Waals surface area contributed by atoms with Crippen LogP contribution in [0.1, 0.15) is 37.3 Å². The van der Waals surface area contributed by atoms with Gasteiger partial charge in [0.1, 0.15) is 0 Å². The Morgan fingerprint density at radius 1 is 1.25 bits per heavy atom. The van der Waals surface area contributed by atoms with Gasteiger partial charge in [0.2, 0.25) is 10.0 Å². The lowest BCUT2D eigenvalue weighted by Gasteiger charge is -2.20. The van der Waals surface area contributed by atoms with Gasteiger partial charge in [0.05, 0.1) is 11.0 Å². The number of sulfonamides is 1. The predicted octanol–water partition coefficient (Wildman–Crippen LogP) is 2.02. The molecule has 1 aromatic carbocycles. The van der Waals surface area contributed by atoms with E-state index in [0.29, 0.717) is 4.90 Å². The first-order valence-corrected chi connectivity index (χ1v) is 8.80. The molecule has 2 aliphatic rings. The summed E-state index contributed by atoms with van der Waals surface area (Å²) in [6.45, 7) is 2.61. The highest BCUT2D eigenvalue weighted by Crippen LogP contribution is 2.25. The highest BCUT2D eigenvalue weighted by molar-refractivity contribution is 7.89. The van der Waals surface area contributed by atoms with Gasteiger partial charge in [-0.2, -0.15) is 0 Å². The van der Waals surface area contributed by atoms with Gasteiger partial charge >= 0.3 is 0 Å². The second-order valence-electron chi connectivity index (χ2n) is 5.75. The van der Waals surface area contributed by atoms with Crippen molar-refractivity contribution in [2.24, 2.45) is 0 Å². The lowest BCUT2D eigenvalue weighted by molar-refractivity contribution is 0.0902. The van der Waals surface area contributed by atoms with Crippen LogP contribution in [-0.2, 0) is 27.6 Å². The van der Waals surface area contributed by atoms with Gasteiger partial charge in [-0.25, -0.2) is 13.1 Å². The molecule has 0 spiro atoms. The molecule has 110 valence electrons. The maximum absolute atomic E-state index is 12.4. The zero-order valence-electron chi connectivity index (χ0n) is 11.8. The minimum atomic E-state index is -3.45. The minimum absolute atomic E-state index is 0.000739. The first kappa shape index (κ1) is 14.0. The molecular formula is C15H21NO3S.